The van der Waals surface area contributed by atoms with Crippen LogP contribution in [0.25, 0.3) is 17.4 Å². The first-order valence-corrected chi connectivity index (χ1v) is 12.0. The van der Waals surface area contributed by atoms with Gasteiger partial charge in [0.25, 0.3) is 11.1 Å². The number of imide groups is 1. The predicted octanol–water partition coefficient (Wildman–Crippen LogP) is 4.40. The number of carbonyl (C=O) groups is 4. The molecule has 1 aromatic heterocycles. The normalized spacial score (nSPS) is 15.8. The number of nitrogens with one attached hydrogen (secondary N) is 1. The van der Waals surface area contributed by atoms with E-state index in [0.717, 1.165) is 4.90 Å². The summed E-state index contributed by atoms with van der Waals surface area (Å²) in [5.74, 6) is -0.266. The number of benzene rings is 2. The zero-order valence-electron chi connectivity index (χ0n) is 19.5. The monoisotopic (exact) mass is 520 g/mol. The third-order valence-corrected chi connectivity index (χ3v) is 6.55. The number of rotatable bonds is 6. The first kappa shape index (κ1) is 24.2. The van der Waals surface area contributed by atoms with E-state index in [9.17, 15) is 19.2 Å². The van der Waals surface area contributed by atoms with E-state index in [1.54, 1.807) is 49.4 Å². The predicted molar refractivity (Wildman–Crippen MR) is 135 cm³/mol. The number of anilines is 1. The highest BCUT2D eigenvalue weighted by atomic mass is 32.2. The molecule has 0 radical (unpaired) electrons. The Balaban J connectivity index is 1.26. The maximum Gasteiger partial charge on any atom is 0.335 e. The number of carbonyl (C=O) groups excluding carboxylic acids is 3. The number of fused-ring (bicyclic) bond motifs is 1. The largest absolute Gasteiger partial charge is 0.486 e. The van der Waals surface area contributed by atoms with Crippen molar-refractivity contribution in [3.05, 3.63) is 70.3 Å². The molecule has 0 saturated carbocycles. The molecule has 5 rings (SSSR count). The zero-order valence-corrected chi connectivity index (χ0v) is 20.3. The Morgan fingerprint density at radius 2 is 1.84 bits per heavy atom. The highest BCUT2D eigenvalue weighted by Crippen LogP contribution is 2.35. The SMILES string of the molecule is Cc1cc(C(=O)O)ccc1-c1ccc(/C=C2\SC(=O)N(CC(=O)Nc3ccc4c(c3)OCCO4)C2=O)o1. The molecule has 0 unspecified atom stereocenters. The maximum absolute atomic E-state index is 12.8. The molecule has 1 fully saturated rings. The van der Waals surface area contributed by atoms with Crippen molar-refractivity contribution in [2.75, 3.05) is 25.1 Å². The summed E-state index contributed by atoms with van der Waals surface area (Å²) in [6.07, 6.45) is 1.44. The molecule has 3 amide bonds. The summed E-state index contributed by atoms with van der Waals surface area (Å²) < 4.78 is 16.8. The minimum atomic E-state index is -1.02. The van der Waals surface area contributed by atoms with Crippen LogP contribution in [0.2, 0.25) is 0 Å². The highest BCUT2D eigenvalue weighted by molar-refractivity contribution is 8.18. The third-order valence-electron chi connectivity index (χ3n) is 5.64. The first-order valence-electron chi connectivity index (χ1n) is 11.2. The van der Waals surface area contributed by atoms with Gasteiger partial charge in [0.2, 0.25) is 5.91 Å². The third kappa shape index (κ3) is 5.07. The van der Waals surface area contributed by atoms with Crippen molar-refractivity contribution in [3.8, 4) is 22.8 Å². The van der Waals surface area contributed by atoms with Crippen molar-refractivity contribution < 1.29 is 38.2 Å². The summed E-state index contributed by atoms with van der Waals surface area (Å²) in [6.45, 7) is 2.17. The number of hydrogen-bond acceptors (Lipinski definition) is 8. The van der Waals surface area contributed by atoms with Gasteiger partial charge in [-0.1, -0.05) is 6.07 Å². The molecule has 0 bridgehead atoms. The summed E-state index contributed by atoms with van der Waals surface area (Å²) in [4.78, 5) is 50.0. The average Bonchev–Trinajstić information content (AvgIpc) is 3.43. The number of aryl methyl sites for hydroxylation is 1. The minimum absolute atomic E-state index is 0.121. The summed E-state index contributed by atoms with van der Waals surface area (Å²) in [5, 5.41) is 11.2. The van der Waals surface area contributed by atoms with E-state index in [4.69, 9.17) is 19.0 Å². The molecular weight excluding hydrogens is 500 g/mol. The second kappa shape index (κ2) is 9.86. The van der Waals surface area contributed by atoms with Crippen molar-refractivity contribution in [1.82, 2.24) is 4.90 Å². The molecule has 2 aliphatic heterocycles. The van der Waals surface area contributed by atoms with Crippen LogP contribution in [0.5, 0.6) is 11.5 Å². The molecule has 3 aromatic rings. The number of amides is 3. The number of hydrogen-bond donors (Lipinski definition) is 2. The Morgan fingerprint density at radius 1 is 1.05 bits per heavy atom. The fraction of sp³-hybridized carbons (Fsp3) is 0.154. The van der Waals surface area contributed by atoms with Gasteiger partial charge in [-0.25, -0.2) is 4.79 Å². The number of carboxylic acids is 1. The van der Waals surface area contributed by atoms with Crippen LogP contribution in [0.1, 0.15) is 21.7 Å². The van der Waals surface area contributed by atoms with E-state index in [1.807, 2.05) is 0 Å². The molecular formula is C26H20N2O8S. The van der Waals surface area contributed by atoms with E-state index in [1.165, 1.54) is 12.1 Å². The topological polar surface area (TPSA) is 135 Å². The van der Waals surface area contributed by atoms with E-state index >= 15 is 0 Å². The average molecular weight is 521 g/mol. The van der Waals surface area contributed by atoms with E-state index in [2.05, 4.69) is 5.32 Å². The Bertz CT molecular complexity index is 1470. The van der Waals surface area contributed by atoms with E-state index in [0.29, 0.717) is 64.8 Å². The van der Waals surface area contributed by atoms with Gasteiger partial charge >= 0.3 is 5.97 Å². The lowest BCUT2D eigenvalue weighted by Gasteiger charge is -2.19. The van der Waals surface area contributed by atoms with Crippen molar-refractivity contribution in [2.45, 2.75) is 6.92 Å². The molecule has 188 valence electrons. The molecule has 2 aliphatic rings. The van der Waals surface area contributed by atoms with Crippen LogP contribution in [0.3, 0.4) is 0 Å². The Morgan fingerprint density at radius 3 is 2.59 bits per heavy atom. The summed E-state index contributed by atoms with van der Waals surface area (Å²) in [6, 6.07) is 12.9. The fourth-order valence-corrected chi connectivity index (χ4v) is 4.70. The molecule has 0 aliphatic carbocycles. The first-order chi connectivity index (χ1) is 17.8. The van der Waals surface area contributed by atoms with Crippen LogP contribution in [0, 0.1) is 6.92 Å². The molecule has 1 saturated heterocycles. The minimum Gasteiger partial charge on any atom is -0.486 e. The van der Waals surface area contributed by atoms with Gasteiger partial charge < -0.3 is 24.3 Å². The van der Waals surface area contributed by atoms with Gasteiger partial charge in [0.15, 0.2) is 11.5 Å². The maximum atomic E-state index is 12.8. The van der Waals surface area contributed by atoms with Crippen molar-refractivity contribution in [2.24, 2.45) is 0 Å². The highest BCUT2D eigenvalue weighted by Gasteiger charge is 2.36. The second-order valence-electron chi connectivity index (χ2n) is 8.21. The fourth-order valence-electron chi connectivity index (χ4n) is 3.88. The van der Waals surface area contributed by atoms with E-state index in [-0.39, 0.29) is 10.5 Å². The Kier molecular flexibility index (Phi) is 6.45. The number of thioether (sulfide) groups is 1. The quantitative estimate of drug-likeness (QED) is 0.453. The summed E-state index contributed by atoms with van der Waals surface area (Å²) in [7, 11) is 0. The van der Waals surface area contributed by atoms with Crippen LogP contribution in [-0.4, -0.2) is 52.8 Å². The molecule has 11 heteroatoms. The smallest absolute Gasteiger partial charge is 0.335 e. The Labute approximate surface area is 214 Å². The van der Waals surface area contributed by atoms with Crippen LogP contribution < -0.4 is 14.8 Å². The van der Waals surface area contributed by atoms with Gasteiger partial charge in [-0.3, -0.25) is 19.3 Å². The number of furan rings is 1. The summed E-state index contributed by atoms with van der Waals surface area (Å²) in [5.41, 5.74) is 2.03. The zero-order chi connectivity index (χ0) is 26.1. The van der Waals surface area contributed by atoms with Crippen molar-refractivity contribution >= 4 is 46.5 Å². The molecule has 2 N–H and O–H groups in total. The molecule has 2 aromatic carbocycles. The van der Waals surface area contributed by atoms with Crippen LogP contribution in [-0.2, 0) is 9.59 Å². The number of nitrogens with zero attached hydrogens (tertiary/aromatic N) is 1. The molecule has 3 heterocycles. The van der Waals surface area contributed by atoms with Gasteiger partial charge in [-0.2, -0.15) is 0 Å². The lowest BCUT2D eigenvalue weighted by molar-refractivity contribution is -0.127. The van der Waals surface area contributed by atoms with Crippen LogP contribution >= 0.6 is 11.8 Å². The molecule has 0 atom stereocenters. The van der Waals surface area contributed by atoms with Crippen LogP contribution in [0.15, 0.2) is 57.9 Å². The Hall–Kier alpha value is -4.51. The standard InChI is InChI=1S/C26H20N2O8S/c1-14-10-15(25(31)32)2-5-18(14)19-7-4-17(36-19)12-22-24(30)28(26(33)37-22)13-23(29)27-16-3-6-20-21(11-16)35-9-8-34-20/h2-7,10-12H,8-9,13H2,1H3,(H,27,29)(H,31,32)/b22-12-. The van der Waals surface area contributed by atoms with Crippen LogP contribution in [0.4, 0.5) is 10.5 Å². The molecule has 37 heavy (non-hydrogen) atoms. The van der Waals surface area contributed by atoms with Gasteiger partial charge in [0.05, 0.1) is 10.5 Å². The lowest BCUT2D eigenvalue weighted by atomic mass is 10.0. The van der Waals surface area contributed by atoms with Crippen molar-refractivity contribution in [1.29, 1.82) is 0 Å². The molecule has 10 nitrogen and oxygen atoms in total. The van der Waals surface area contributed by atoms with Gasteiger partial charge in [-0.15, -0.1) is 0 Å². The summed E-state index contributed by atoms with van der Waals surface area (Å²) >= 11 is 0.714. The van der Waals surface area contributed by atoms with Gasteiger partial charge in [-0.05, 0) is 60.6 Å². The number of carboxylic acid groups (broad SMARTS) is 1. The van der Waals surface area contributed by atoms with Gasteiger partial charge in [0.1, 0.15) is 31.3 Å². The second-order valence-corrected chi connectivity index (χ2v) is 9.20. The van der Waals surface area contributed by atoms with Gasteiger partial charge in [0, 0.05) is 23.4 Å². The van der Waals surface area contributed by atoms with Crippen molar-refractivity contribution in [3.63, 3.8) is 0 Å². The van der Waals surface area contributed by atoms with E-state index < -0.39 is 29.6 Å². The number of ether oxygens (including phenoxy) is 2. The number of aromatic carboxylic acids is 1. The lowest BCUT2D eigenvalue weighted by Crippen LogP contribution is -2.36. The molecule has 0 spiro atoms.